The molecule has 0 atom stereocenters. The van der Waals surface area contributed by atoms with Gasteiger partial charge in [0.2, 0.25) is 0 Å². The van der Waals surface area contributed by atoms with E-state index in [9.17, 15) is 4.79 Å². The summed E-state index contributed by atoms with van der Waals surface area (Å²) in [6, 6.07) is 1.65. The van der Waals surface area contributed by atoms with Gasteiger partial charge in [-0.25, -0.2) is 4.98 Å². The highest BCUT2D eigenvalue weighted by atomic mass is 79.9. The molecule has 0 aliphatic heterocycles. The number of aromatic nitrogens is 1. The van der Waals surface area contributed by atoms with Crippen LogP contribution in [0.1, 0.15) is 10.4 Å². The van der Waals surface area contributed by atoms with Gasteiger partial charge in [-0.05, 0) is 22.0 Å². The monoisotopic (exact) mass is 314 g/mol. The SMILES string of the molecule is C=CCN(CC=C)C(=O)c1cc(Br)cnc1Cl. The molecular formula is C12H12BrClN2O. The highest BCUT2D eigenvalue weighted by Gasteiger charge is 2.17. The first-order valence-electron chi connectivity index (χ1n) is 4.92. The van der Waals surface area contributed by atoms with Crippen LogP contribution < -0.4 is 0 Å². The Morgan fingerprint density at radius 1 is 1.47 bits per heavy atom. The van der Waals surface area contributed by atoms with Gasteiger partial charge < -0.3 is 4.90 Å². The fraction of sp³-hybridized carbons (Fsp3) is 0.167. The number of amides is 1. The van der Waals surface area contributed by atoms with E-state index in [1.165, 1.54) is 0 Å². The average Bonchev–Trinajstić information content (AvgIpc) is 2.31. The first-order valence-corrected chi connectivity index (χ1v) is 6.09. The molecule has 0 aliphatic rings. The summed E-state index contributed by atoms with van der Waals surface area (Å²) in [4.78, 5) is 17.7. The van der Waals surface area contributed by atoms with Gasteiger partial charge in [-0.15, -0.1) is 13.2 Å². The van der Waals surface area contributed by atoms with Crippen molar-refractivity contribution < 1.29 is 4.79 Å². The van der Waals surface area contributed by atoms with E-state index in [1.54, 1.807) is 29.3 Å². The van der Waals surface area contributed by atoms with Gasteiger partial charge in [0.15, 0.2) is 0 Å². The van der Waals surface area contributed by atoms with Gasteiger partial charge in [0, 0.05) is 23.8 Å². The minimum Gasteiger partial charge on any atom is -0.331 e. The van der Waals surface area contributed by atoms with Gasteiger partial charge in [-0.2, -0.15) is 0 Å². The number of carbonyl (C=O) groups excluding carboxylic acids is 1. The largest absolute Gasteiger partial charge is 0.331 e. The summed E-state index contributed by atoms with van der Waals surface area (Å²) in [5.41, 5.74) is 0.366. The lowest BCUT2D eigenvalue weighted by Crippen LogP contribution is -2.31. The van der Waals surface area contributed by atoms with Gasteiger partial charge >= 0.3 is 0 Å². The van der Waals surface area contributed by atoms with E-state index in [1.807, 2.05) is 0 Å². The van der Waals surface area contributed by atoms with Crippen LogP contribution in [-0.2, 0) is 0 Å². The average molecular weight is 316 g/mol. The quantitative estimate of drug-likeness (QED) is 0.617. The number of carbonyl (C=O) groups is 1. The number of nitrogens with zero attached hydrogens (tertiary/aromatic N) is 2. The van der Waals surface area contributed by atoms with Crippen LogP contribution in [0.25, 0.3) is 0 Å². The molecule has 1 aromatic heterocycles. The van der Waals surface area contributed by atoms with Crippen molar-refractivity contribution in [2.45, 2.75) is 0 Å². The van der Waals surface area contributed by atoms with Crippen LogP contribution in [0.4, 0.5) is 0 Å². The molecule has 0 aliphatic carbocycles. The van der Waals surface area contributed by atoms with Crippen LogP contribution in [0.15, 0.2) is 42.0 Å². The van der Waals surface area contributed by atoms with Gasteiger partial charge in [0.25, 0.3) is 5.91 Å². The van der Waals surface area contributed by atoms with E-state index in [-0.39, 0.29) is 11.1 Å². The van der Waals surface area contributed by atoms with Gasteiger partial charge in [-0.3, -0.25) is 4.79 Å². The topological polar surface area (TPSA) is 33.2 Å². The molecule has 0 saturated heterocycles. The standard InChI is InChI=1S/C12H12BrClN2O/c1-3-5-16(6-4-2)12(17)10-7-9(13)8-15-11(10)14/h3-4,7-8H,1-2,5-6H2. The maximum Gasteiger partial charge on any atom is 0.257 e. The highest BCUT2D eigenvalue weighted by Crippen LogP contribution is 2.19. The first kappa shape index (κ1) is 13.9. The molecule has 0 unspecified atom stereocenters. The molecule has 0 radical (unpaired) electrons. The third kappa shape index (κ3) is 3.68. The van der Waals surface area contributed by atoms with E-state index >= 15 is 0 Å². The van der Waals surface area contributed by atoms with E-state index in [4.69, 9.17) is 11.6 Å². The number of halogens is 2. The molecule has 0 aromatic carbocycles. The molecule has 1 rings (SSSR count). The second-order valence-corrected chi connectivity index (χ2v) is 4.55. The summed E-state index contributed by atoms with van der Waals surface area (Å²) in [7, 11) is 0. The molecule has 5 heteroatoms. The fourth-order valence-electron chi connectivity index (χ4n) is 1.29. The Balaban J connectivity index is 3.03. The molecule has 90 valence electrons. The molecule has 0 spiro atoms. The third-order valence-electron chi connectivity index (χ3n) is 2.02. The van der Waals surface area contributed by atoms with Crippen molar-refractivity contribution in [1.29, 1.82) is 0 Å². The van der Waals surface area contributed by atoms with E-state index < -0.39 is 0 Å². The highest BCUT2D eigenvalue weighted by molar-refractivity contribution is 9.10. The van der Waals surface area contributed by atoms with Crippen LogP contribution in [0.3, 0.4) is 0 Å². The normalized spacial score (nSPS) is 9.76. The van der Waals surface area contributed by atoms with Crippen LogP contribution in [0, 0.1) is 0 Å². The Bertz CT molecular complexity index is 438. The van der Waals surface area contributed by atoms with Crippen molar-refractivity contribution in [2.24, 2.45) is 0 Å². The Labute approximate surface area is 114 Å². The van der Waals surface area contributed by atoms with E-state index in [2.05, 4.69) is 34.1 Å². The maximum absolute atomic E-state index is 12.2. The minimum absolute atomic E-state index is 0.191. The van der Waals surface area contributed by atoms with Crippen molar-refractivity contribution in [3.05, 3.63) is 52.8 Å². The molecule has 1 aromatic rings. The second-order valence-electron chi connectivity index (χ2n) is 3.28. The lowest BCUT2D eigenvalue weighted by Gasteiger charge is -2.19. The smallest absolute Gasteiger partial charge is 0.257 e. The van der Waals surface area contributed by atoms with Gasteiger partial charge in [0.1, 0.15) is 5.15 Å². The lowest BCUT2D eigenvalue weighted by molar-refractivity contribution is 0.0790. The maximum atomic E-state index is 12.2. The fourth-order valence-corrected chi connectivity index (χ4v) is 1.81. The number of hydrogen-bond donors (Lipinski definition) is 0. The molecule has 3 nitrogen and oxygen atoms in total. The Morgan fingerprint density at radius 2 is 2.06 bits per heavy atom. The Morgan fingerprint density at radius 3 is 2.59 bits per heavy atom. The Kier molecular flexibility index (Phi) is 5.38. The Hall–Kier alpha value is -1.13. The van der Waals surface area contributed by atoms with Crippen LogP contribution >= 0.6 is 27.5 Å². The lowest BCUT2D eigenvalue weighted by atomic mass is 10.2. The molecule has 0 fully saturated rings. The molecule has 1 heterocycles. The summed E-state index contributed by atoms with van der Waals surface area (Å²) in [6.45, 7) is 8.10. The predicted molar refractivity (Wildman–Crippen MR) is 73.2 cm³/mol. The number of rotatable bonds is 5. The summed E-state index contributed by atoms with van der Waals surface area (Å²) in [6.07, 6.45) is 4.85. The van der Waals surface area contributed by atoms with E-state index in [0.717, 1.165) is 0 Å². The predicted octanol–water partition coefficient (Wildman–Crippen LogP) is 3.31. The van der Waals surface area contributed by atoms with Gasteiger partial charge in [-0.1, -0.05) is 23.8 Å². The molecular weight excluding hydrogens is 304 g/mol. The third-order valence-corrected chi connectivity index (χ3v) is 2.76. The van der Waals surface area contributed by atoms with Crippen molar-refractivity contribution in [3.8, 4) is 0 Å². The summed E-state index contributed by atoms with van der Waals surface area (Å²) in [5, 5.41) is 0.191. The van der Waals surface area contributed by atoms with Crippen LogP contribution in [-0.4, -0.2) is 28.9 Å². The number of hydrogen-bond acceptors (Lipinski definition) is 2. The zero-order valence-corrected chi connectivity index (χ0v) is 11.5. The van der Waals surface area contributed by atoms with Crippen LogP contribution in [0.5, 0.6) is 0 Å². The minimum atomic E-state index is -0.191. The molecule has 0 N–H and O–H groups in total. The summed E-state index contributed by atoms with van der Waals surface area (Å²) >= 11 is 9.16. The van der Waals surface area contributed by atoms with Crippen molar-refractivity contribution in [2.75, 3.05) is 13.1 Å². The zero-order valence-electron chi connectivity index (χ0n) is 9.20. The van der Waals surface area contributed by atoms with Crippen molar-refractivity contribution in [3.63, 3.8) is 0 Å². The van der Waals surface area contributed by atoms with Gasteiger partial charge in [0.05, 0.1) is 5.56 Å². The first-order chi connectivity index (χ1) is 8.10. The van der Waals surface area contributed by atoms with Crippen LogP contribution in [0.2, 0.25) is 5.15 Å². The summed E-state index contributed by atoms with van der Waals surface area (Å²) in [5.74, 6) is -0.191. The zero-order chi connectivity index (χ0) is 12.8. The van der Waals surface area contributed by atoms with E-state index in [0.29, 0.717) is 23.1 Å². The summed E-state index contributed by atoms with van der Waals surface area (Å²) < 4.78 is 0.711. The second kappa shape index (κ2) is 6.57. The van der Waals surface area contributed by atoms with Crippen molar-refractivity contribution >= 4 is 33.4 Å². The molecule has 0 bridgehead atoms. The molecule has 1 amide bonds. The van der Waals surface area contributed by atoms with Crippen molar-refractivity contribution in [1.82, 2.24) is 9.88 Å². The molecule has 0 saturated carbocycles. The molecule has 17 heavy (non-hydrogen) atoms. The number of pyridine rings is 1.